The van der Waals surface area contributed by atoms with Crippen molar-refractivity contribution in [3.8, 4) is 46.0 Å². The molecule has 0 spiro atoms. The maximum atomic E-state index is 12.5. The number of nitrogens with one attached hydrogen (secondary N) is 2. The zero-order chi connectivity index (χ0) is 40.7. The Bertz CT molecular complexity index is 2240. The fraction of sp³-hybridized carbons (Fsp3) is 0.400. The highest BCUT2D eigenvalue weighted by atomic mass is 32.2. The molecule has 0 atom stereocenters. The Hall–Kier alpha value is -5.24. The molecule has 0 fully saturated rings. The second-order valence-electron chi connectivity index (χ2n) is 13.2. The number of carbonyl (C=O) groups is 1. The summed E-state index contributed by atoms with van der Waals surface area (Å²) in [5, 5.41) is 16.4. The summed E-state index contributed by atoms with van der Waals surface area (Å²) in [6, 6.07) is 14.8. The van der Waals surface area contributed by atoms with Crippen LogP contribution >= 0.6 is 0 Å². The van der Waals surface area contributed by atoms with Crippen molar-refractivity contribution in [1.82, 2.24) is 14.7 Å². The third-order valence-corrected chi connectivity index (χ3v) is 11.4. The number of primary sulfonamides is 1. The van der Waals surface area contributed by atoms with E-state index < -0.39 is 26.1 Å². The third-order valence-electron chi connectivity index (χ3n) is 9.21. The van der Waals surface area contributed by atoms with Gasteiger partial charge in [0.05, 0.1) is 31.4 Å². The highest BCUT2D eigenvalue weighted by Gasteiger charge is 2.23. The Labute approximate surface area is 329 Å². The topological polar surface area (TPSA) is 213 Å². The number of amides is 2. The Morgan fingerprint density at radius 2 is 1.32 bits per heavy atom. The minimum atomic E-state index is -3.66. The van der Waals surface area contributed by atoms with Crippen molar-refractivity contribution in [2.45, 2.75) is 78.1 Å². The van der Waals surface area contributed by atoms with Crippen molar-refractivity contribution in [3.63, 3.8) is 0 Å². The fourth-order valence-electron chi connectivity index (χ4n) is 6.46. The quantitative estimate of drug-likeness (QED) is 0.121. The second-order valence-corrected chi connectivity index (χ2v) is 16.8. The number of carbonyl (C=O) groups excluding carboxylic acids is 1. The van der Waals surface area contributed by atoms with E-state index in [1.54, 1.807) is 38.9 Å². The molecule has 2 amide bonds. The van der Waals surface area contributed by atoms with Crippen LogP contribution < -0.4 is 29.4 Å². The SMILES string of the molecule is CCCCS(=O)(=O)NC(=O)Nc1c(-c2ccnc(OC)c2)ccc2c1CCC2.CCCCS(N)(=O)=O.COc1cc(-c2ccc3c(c2OC#N)CCC3)ccn1. The number of fused-ring (bicyclic) bond motifs is 2. The van der Waals surface area contributed by atoms with E-state index in [1.165, 1.54) is 11.1 Å². The van der Waals surface area contributed by atoms with Crippen molar-refractivity contribution in [1.29, 1.82) is 5.26 Å². The van der Waals surface area contributed by atoms with Crippen LogP contribution in [0.1, 0.15) is 74.6 Å². The number of nitrogens with two attached hydrogens (primary N) is 1. The molecule has 6 rings (SSSR count). The molecule has 0 saturated heterocycles. The first kappa shape index (κ1) is 43.5. The van der Waals surface area contributed by atoms with Gasteiger partial charge in [-0.25, -0.2) is 41.5 Å². The lowest BCUT2D eigenvalue weighted by atomic mass is 9.98. The molecule has 0 bridgehead atoms. The number of urea groups is 1. The molecule has 2 aromatic heterocycles. The first-order chi connectivity index (χ1) is 26.8. The molecule has 14 nitrogen and oxygen atoms in total. The molecule has 16 heteroatoms. The molecule has 4 aromatic rings. The largest absolute Gasteiger partial charge is 0.481 e. The van der Waals surface area contributed by atoms with Gasteiger partial charge in [-0.05, 0) is 96.9 Å². The molecular weight excluding hydrogens is 757 g/mol. The molecular formula is C40H50N6O8S2. The predicted molar refractivity (Wildman–Crippen MR) is 216 cm³/mol. The van der Waals surface area contributed by atoms with Crippen molar-refractivity contribution in [3.05, 3.63) is 83.2 Å². The summed E-state index contributed by atoms with van der Waals surface area (Å²) < 4.78 is 62.2. The normalized spacial score (nSPS) is 12.7. The zero-order valence-electron chi connectivity index (χ0n) is 32.3. The van der Waals surface area contributed by atoms with Crippen molar-refractivity contribution in [2.24, 2.45) is 5.14 Å². The van der Waals surface area contributed by atoms with Crippen LogP contribution in [-0.2, 0) is 45.7 Å². The van der Waals surface area contributed by atoms with Gasteiger partial charge in [-0.1, -0.05) is 51.0 Å². The number of hydrogen-bond donors (Lipinski definition) is 3. The van der Waals surface area contributed by atoms with Gasteiger partial charge >= 0.3 is 6.03 Å². The highest BCUT2D eigenvalue weighted by molar-refractivity contribution is 7.90. The number of anilines is 1. The lowest BCUT2D eigenvalue weighted by molar-refractivity contribution is 0.256. The molecule has 300 valence electrons. The average molecular weight is 807 g/mol. The van der Waals surface area contributed by atoms with Gasteiger partial charge in [0, 0.05) is 35.7 Å². The molecule has 0 saturated carbocycles. The molecule has 4 N–H and O–H groups in total. The smallest absolute Gasteiger partial charge is 0.332 e. The van der Waals surface area contributed by atoms with Gasteiger partial charge in [-0.15, -0.1) is 5.26 Å². The van der Waals surface area contributed by atoms with E-state index in [4.69, 9.17) is 24.6 Å². The van der Waals surface area contributed by atoms with E-state index in [9.17, 15) is 21.6 Å². The van der Waals surface area contributed by atoms with Crippen LogP contribution in [0.5, 0.6) is 17.5 Å². The van der Waals surface area contributed by atoms with Crippen LogP contribution in [0.2, 0.25) is 0 Å². The van der Waals surface area contributed by atoms with E-state index >= 15 is 0 Å². The molecule has 0 unspecified atom stereocenters. The summed E-state index contributed by atoms with van der Waals surface area (Å²) in [4.78, 5) is 20.7. The maximum Gasteiger partial charge on any atom is 0.332 e. The number of hydrogen-bond acceptors (Lipinski definition) is 11. The van der Waals surface area contributed by atoms with Crippen molar-refractivity contribution < 1.29 is 35.8 Å². The number of nitrogens with zero attached hydrogens (tertiary/aromatic N) is 3. The number of ether oxygens (including phenoxy) is 3. The minimum Gasteiger partial charge on any atom is -0.481 e. The van der Waals surface area contributed by atoms with Crippen LogP contribution in [0.15, 0.2) is 60.9 Å². The summed E-state index contributed by atoms with van der Waals surface area (Å²) in [6.45, 7) is 3.82. The van der Waals surface area contributed by atoms with Gasteiger partial charge in [0.15, 0.2) is 5.75 Å². The maximum absolute atomic E-state index is 12.5. The second kappa shape index (κ2) is 20.6. The van der Waals surface area contributed by atoms with E-state index in [1.807, 2.05) is 44.2 Å². The van der Waals surface area contributed by atoms with Crippen LogP contribution in [0.3, 0.4) is 0 Å². The zero-order valence-corrected chi connectivity index (χ0v) is 33.9. The first-order valence-corrected chi connectivity index (χ1v) is 21.9. The molecule has 0 aliphatic heterocycles. The number of pyridine rings is 2. The molecule has 2 heterocycles. The number of benzene rings is 2. The monoisotopic (exact) mass is 806 g/mol. The number of sulfonamides is 2. The number of aromatic nitrogens is 2. The van der Waals surface area contributed by atoms with Crippen LogP contribution in [0, 0.1) is 11.5 Å². The first-order valence-electron chi connectivity index (χ1n) is 18.5. The summed E-state index contributed by atoms with van der Waals surface area (Å²) in [5.74, 6) is 1.74. The van der Waals surface area contributed by atoms with E-state index in [-0.39, 0.29) is 11.5 Å². The average Bonchev–Trinajstić information content (AvgIpc) is 3.87. The summed E-state index contributed by atoms with van der Waals surface area (Å²) in [7, 11) is -3.71. The lowest BCUT2D eigenvalue weighted by Gasteiger charge is -2.17. The Morgan fingerprint density at radius 3 is 1.86 bits per heavy atom. The van der Waals surface area contributed by atoms with Crippen LogP contribution in [-0.4, -0.2) is 58.6 Å². The van der Waals surface area contributed by atoms with Crippen LogP contribution in [0.4, 0.5) is 10.5 Å². The Kier molecular flexibility index (Phi) is 16.0. The van der Waals surface area contributed by atoms with Gasteiger partial charge in [-0.2, -0.15) is 0 Å². The van der Waals surface area contributed by atoms with Crippen LogP contribution in [0.25, 0.3) is 22.3 Å². The molecule has 56 heavy (non-hydrogen) atoms. The number of rotatable bonds is 13. The number of aryl methyl sites for hydroxylation is 2. The fourth-order valence-corrected chi connectivity index (χ4v) is 8.26. The number of methoxy groups -OCH3 is 2. The van der Waals surface area contributed by atoms with E-state index in [2.05, 4.69) is 32.1 Å². The summed E-state index contributed by atoms with van der Waals surface area (Å²) >= 11 is 0. The Balaban J connectivity index is 0.000000216. The summed E-state index contributed by atoms with van der Waals surface area (Å²) in [6.07, 6.45) is 13.8. The third kappa shape index (κ3) is 12.4. The van der Waals surface area contributed by atoms with Gasteiger partial charge in [0.1, 0.15) is 0 Å². The number of nitriles is 1. The van der Waals surface area contributed by atoms with Gasteiger partial charge in [0.2, 0.25) is 31.8 Å². The van der Waals surface area contributed by atoms with Crippen molar-refractivity contribution >= 4 is 31.8 Å². The predicted octanol–water partition coefficient (Wildman–Crippen LogP) is 6.68. The van der Waals surface area contributed by atoms with E-state index in [0.29, 0.717) is 36.0 Å². The molecule has 2 aromatic carbocycles. The number of unbranched alkanes of at least 4 members (excludes halogenated alkanes) is 2. The highest BCUT2D eigenvalue weighted by Crippen LogP contribution is 2.40. The van der Waals surface area contributed by atoms with Gasteiger partial charge in [-0.3, -0.25) is 0 Å². The standard InChI is InChI=1S/C20H25N3O4S.C16H14N2O2.C4H11NO2S/c1-3-4-12-28(25,26)23-20(24)22-19-16-7-5-6-14(16)8-9-17(19)15-10-11-21-18(13-15)27-2;1-19-15-9-12(7-8-18-15)14-6-5-11-3-2-4-13(11)16(14)20-10-17;1-2-3-4-8(5,6)7/h8-11,13H,3-7,12H2,1-2H3,(H2,22,23,24);5-9H,2-4H2,1H3;2-4H2,1H3,(H2,5,6,7). The minimum absolute atomic E-state index is 0.0712. The Morgan fingerprint density at radius 1 is 0.786 bits per heavy atom. The van der Waals surface area contributed by atoms with Gasteiger partial charge in [0.25, 0.3) is 6.26 Å². The summed E-state index contributed by atoms with van der Waals surface area (Å²) in [5.41, 5.74) is 8.80. The van der Waals surface area contributed by atoms with Crippen molar-refractivity contribution in [2.75, 3.05) is 31.0 Å². The lowest BCUT2D eigenvalue weighted by Crippen LogP contribution is -2.36. The molecule has 2 aliphatic carbocycles. The molecule has 0 radical (unpaired) electrons. The van der Waals surface area contributed by atoms with E-state index in [0.717, 1.165) is 84.7 Å². The van der Waals surface area contributed by atoms with Gasteiger partial charge < -0.3 is 19.5 Å². The molecule has 2 aliphatic rings.